The van der Waals surface area contributed by atoms with Gasteiger partial charge in [0.15, 0.2) is 0 Å². The average molecular weight is 148 g/mol. The zero-order valence-corrected chi connectivity index (χ0v) is 3.56. The molecule has 0 unspecified atom stereocenters. The summed E-state index contributed by atoms with van der Waals surface area (Å²) in [5.41, 5.74) is 0. The van der Waals surface area contributed by atoms with Crippen molar-refractivity contribution in [2.75, 3.05) is 0 Å². The molecule has 4 heavy (non-hydrogen) atoms. The molecule has 0 aliphatic heterocycles. The van der Waals surface area contributed by atoms with Gasteiger partial charge in [-0.1, -0.05) is 0 Å². The summed E-state index contributed by atoms with van der Waals surface area (Å²) in [6.45, 7) is 4.75. The summed E-state index contributed by atoms with van der Waals surface area (Å²) in [6, 6.07) is 0. The first-order valence-corrected chi connectivity index (χ1v) is 0.224. The fourth-order valence-electron chi connectivity index (χ4n) is 0. The fourth-order valence-corrected chi connectivity index (χ4v) is 0. The number of rotatable bonds is 0. The van der Waals surface area contributed by atoms with E-state index in [1.165, 1.54) is 0 Å². The van der Waals surface area contributed by atoms with E-state index in [0.717, 1.165) is 0 Å². The Hall–Kier alpha value is 0.516. The average Bonchev–Trinajstić information content (AvgIpc) is 1.00. The standard InChI is InChI=1S/CN.Co.Cu/c1-2;;/q-1;;. The Bertz CT molecular complexity index is 12.8. The predicted octanol–water partition coefficient (Wildman–Crippen LogP) is 0.0914. The first-order valence-electron chi connectivity index (χ1n) is 0.224. The van der Waals surface area contributed by atoms with Gasteiger partial charge in [0.25, 0.3) is 0 Å². The Morgan fingerprint density at radius 1 is 1.25 bits per heavy atom. The van der Waals surface area contributed by atoms with Crippen molar-refractivity contribution >= 4 is 0 Å². The third-order valence-corrected chi connectivity index (χ3v) is 0. The van der Waals surface area contributed by atoms with E-state index < -0.39 is 0 Å². The molecule has 3 heteroatoms. The van der Waals surface area contributed by atoms with E-state index in [4.69, 9.17) is 11.8 Å². The minimum absolute atomic E-state index is 0. The molecule has 0 spiro atoms. The van der Waals surface area contributed by atoms with E-state index in [1.807, 2.05) is 0 Å². The molecular formula is CCoCuN-. The molecule has 0 fully saturated rings. The van der Waals surface area contributed by atoms with Crippen molar-refractivity contribution in [3.8, 4) is 0 Å². The van der Waals surface area contributed by atoms with Gasteiger partial charge in [-0.25, -0.2) is 0 Å². The molecule has 0 aromatic carbocycles. The molecule has 1 nitrogen and oxygen atoms in total. The van der Waals surface area contributed by atoms with Gasteiger partial charge in [0.2, 0.25) is 0 Å². The van der Waals surface area contributed by atoms with Crippen LogP contribution in [0.5, 0.6) is 0 Å². The summed E-state index contributed by atoms with van der Waals surface area (Å²) in [5, 5.41) is 6.25. The van der Waals surface area contributed by atoms with Gasteiger partial charge < -0.3 is 11.8 Å². The normalized spacial score (nSPS) is 0.500. The first-order chi connectivity index (χ1) is 1.00. The van der Waals surface area contributed by atoms with Crippen LogP contribution in [0.1, 0.15) is 0 Å². The Morgan fingerprint density at radius 2 is 1.25 bits per heavy atom. The molecule has 0 saturated heterocycles. The van der Waals surface area contributed by atoms with E-state index in [9.17, 15) is 0 Å². The molecular weight excluding hydrogens is 148 g/mol. The van der Waals surface area contributed by atoms with Crippen LogP contribution in [0.3, 0.4) is 0 Å². The van der Waals surface area contributed by atoms with Crippen molar-refractivity contribution in [1.82, 2.24) is 0 Å². The molecule has 0 rings (SSSR count). The first kappa shape index (κ1) is 24.3. The quantitative estimate of drug-likeness (QED) is 0.353. The molecule has 0 heterocycles. The van der Waals surface area contributed by atoms with Gasteiger partial charge in [-0.3, -0.25) is 0 Å². The molecule has 2 radical (unpaired) electrons. The molecule has 0 N–H and O–H groups in total. The second kappa shape index (κ2) is 83.6. The SMILES string of the molecule is [C-]#N.[Co].[Cu]. The fraction of sp³-hybridized carbons (Fsp3) is 0. The van der Waals surface area contributed by atoms with Gasteiger partial charge >= 0.3 is 0 Å². The maximum absolute atomic E-state index is 6.25. The summed E-state index contributed by atoms with van der Waals surface area (Å²) in [4.78, 5) is 0. The Balaban J connectivity index is -0.00000000500. The van der Waals surface area contributed by atoms with Crippen molar-refractivity contribution in [3.05, 3.63) is 6.57 Å². The van der Waals surface area contributed by atoms with Crippen LogP contribution in [-0.2, 0) is 33.8 Å². The summed E-state index contributed by atoms with van der Waals surface area (Å²) >= 11 is 0. The van der Waals surface area contributed by atoms with E-state index >= 15 is 0 Å². The molecule has 0 aliphatic rings. The van der Waals surface area contributed by atoms with E-state index in [1.54, 1.807) is 0 Å². The zero-order valence-electron chi connectivity index (χ0n) is 1.58. The zero-order chi connectivity index (χ0) is 2.00. The monoisotopic (exact) mass is 148 g/mol. The van der Waals surface area contributed by atoms with E-state index in [0.29, 0.717) is 0 Å². The van der Waals surface area contributed by atoms with Crippen LogP contribution in [-0.4, -0.2) is 0 Å². The van der Waals surface area contributed by atoms with Crippen LogP contribution in [0.2, 0.25) is 0 Å². The van der Waals surface area contributed by atoms with Gasteiger partial charge in [0.1, 0.15) is 0 Å². The molecule has 0 aliphatic carbocycles. The summed E-state index contributed by atoms with van der Waals surface area (Å²) in [5.74, 6) is 0. The van der Waals surface area contributed by atoms with Crippen molar-refractivity contribution < 1.29 is 33.8 Å². The molecule has 30 valence electrons. The summed E-state index contributed by atoms with van der Waals surface area (Å²) < 4.78 is 0. The molecule has 0 aromatic heterocycles. The number of nitrogens with zero attached hydrogens (tertiary/aromatic N) is 1. The predicted molar refractivity (Wildman–Crippen MR) is 4.97 cm³/mol. The minimum atomic E-state index is 0. The number of hydrogen-bond acceptors (Lipinski definition) is 1. The minimum Gasteiger partial charge on any atom is -0.512 e. The van der Waals surface area contributed by atoms with Crippen LogP contribution in [0, 0.1) is 11.8 Å². The largest absolute Gasteiger partial charge is 0.512 e. The molecule has 0 aromatic rings. The van der Waals surface area contributed by atoms with Crippen LogP contribution in [0.4, 0.5) is 0 Å². The molecule has 0 atom stereocenters. The van der Waals surface area contributed by atoms with Crippen molar-refractivity contribution in [2.24, 2.45) is 0 Å². The molecule has 0 saturated carbocycles. The topological polar surface area (TPSA) is 23.8 Å². The number of hydrogen-bond donors (Lipinski definition) is 0. The van der Waals surface area contributed by atoms with Crippen LogP contribution in [0.15, 0.2) is 0 Å². The molecule has 0 bridgehead atoms. The maximum atomic E-state index is 6.25. The van der Waals surface area contributed by atoms with E-state index in [2.05, 4.69) is 0 Å². The van der Waals surface area contributed by atoms with Crippen molar-refractivity contribution in [1.29, 1.82) is 5.26 Å². The van der Waals surface area contributed by atoms with Gasteiger partial charge in [-0.05, 0) is 0 Å². The van der Waals surface area contributed by atoms with Gasteiger partial charge in [-0.15, -0.1) is 0 Å². The van der Waals surface area contributed by atoms with Crippen molar-refractivity contribution in [3.63, 3.8) is 0 Å². The maximum Gasteiger partial charge on any atom is 0 e. The summed E-state index contributed by atoms with van der Waals surface area (Å²) in [7, 11) is 0. The Kier molecular flexibility index (Phi) is 508. The van der Waals surface area contributed by atoms with Gasteiger partial charge in [0.05, 0.1) is 0 Å². The Morgan fingerprint density at radius 3 is 1.25 bits per heavy atom. The molecule has 0 amide bonds. The second-order valence-corrected chi connectivity index (χ2v) is 0. The third-order valence-electron chi connectivity index (χ3n) is 0. The van der Waals surface area contributed by atoms with Crippen LogP contribution in [0.25, 0.3) is 0 Å². The Labute approximate surface area is 46.0 Å². The van der Waals surface area contributed by atoms with E-state index in [-0.39, 0.29) is 33.8 Å². The van der Waals surface area contributed by atoms with Crippen molar-refractivity contribution in [2.45, 2.75) is 0 Å². The second-order valence-electron chi connectivity index (χ2n) is 0. The summed E-state index contributed by atoms with van der Waals surface area (Å²) in [6.07, 6.45) is 0. The van der Waals surface area contributed by atoms with Crippen LogP contribution >= 0.6 is 0 Å². The third kappa shape index (κ3) is 21.7. The van der Waals surface area contributed by atoms with Gasteiger partial charge in [0, 0.05) is 33.8 Å². The van der Waals surface area contributed by atoms with Crippen LogP contribution < -0.4 is 0 Å². The smallest absolute Gasteiger partial charge is 0 e. The van der Waals surface area contributed by atoms with Gasteiger partial charge in [-0.2, -0.15) is 0 Å².